The lowest BCUT2D eigenvalue weighted by Crippen LogP contribution is -2.28. The van der Waals surface area contributed by atoms with Crippen LogP contribution in [0.4, 0.5) is 17.5 Å². The van der Waals surface area contributed by atoms with Gasteiger partial charge in [0.15, 0.2) is 17.8 Å². The first kappa shape index (κ1) is 18.7. The zero-order valence-electron chi connectivity index (χ0n) is 16.0. The molecule has 3 N–H and O–H groups in total. The summed E-state index contributed by atoms with van der Waals surface area (Å²) >= 11 is 0. The van der Waals surface area contributed by atoms with E-state index in [1.165, 1.54) is 18.8 Å². The number of anilines is 2. The maximum Gasteiger partial charge on any atom is 0.288 e. The lowest BCUT2D eigenvalue weighted by molar-refractivity contribution is 0.276. The van der Waals surface area contributed by atoms with Crippen LogP contribution in [0.15, 0.2) is 36.7 Å². The second kappa shape index (κ2) is 8.58. The highest BCUT2D eigenvalue weighted by Crippen LogP contribution is 2.33. The molecule has 3 heterocycles. The Labute approximate surface area is 168 Å². The predicted molar refractivity (Wildman–Crippen MR) is 109 cm³/mol. The van der Waals surface area contributed by atoms with Crippen molar-refractivity contribution < 1.29 is 9.47 Å². The molecule has 1 aromatic carbocycles. The smallest absolute Gasteiger partial charge is 0.288 e. The van der Waals surface area contributed by atoms with E-state index in [1.54, 1.807) is 7.11 Å². The van der Waals surface area contributed by atoms with Gasteiger partial charge in [0.05, 0.1) is 19.0 Å². The van der Waals surface area contributed by atoms with Gasteiger partial charge in [0.2, 0.25) is 0 Å². The van der Waals surface area contributed by atoms with Crippen LogP contribution >= 0.6 is 0 Å². The third-order valence-electron chi connectivity index (χ3n) is 4.66. The summed E-state index contributed by atoms with van der Waals surface area (Å²) in [6.07, 6.45) is 5.24. The van der Waals surface area contributed by atoms with Crippen LogP contribution in [-0.2, 0) is 0 Å². The van der Waals surface area contributed by atoms with Crippen LogP contribution < -0.4 is 20.1 Å². The summed E-state index contributed by atoms with van der Waals surface area (Å²) in [6.45, 7) is 8.62. The van der Waals surface area contributed by atoms with Gasteiger partial charge in [-0.15, -0.1) is 4.98 Å². The Bertz CT molecular complexity index is 1000. The monoisotopic (exact) mass is 391 g/mol. The molecule has 1 unspecified atom stereocenters. The van der Waals surface area contributed by atoms with E-state index < -0.39 is 0 Å². The average molecular weight is 391 g/mol. The maximum absolute atomic E-state index is 6.92. The molecule has 1 aliphatic rings. The van der Waals surface area contributed by atoms with Crippen LogP contribution in [0.3, 0.4) is 0 Å². The van der Waals surface area contributed by atoms with Crippen LogP contribution in [0.25, 0.3) is 16.1 Å². The third kappa shape index (κ3) is 4.44. The zero-order chi connectivity index (χ0) is 20.1. The fourth-order valence-electron chi connectivity index (χ4n) is 3.18. The second-order valence-electron chi connectivity index (χ2n) is 6.63. The zero-order valence-corrected chi connectivity index (χ0v) is 16.0. The van der Waals surface area contributed by atoms with Gasteiger partial charge in [-0.2, -0.15) is 5.10 Å². The highest BCUT2D eigenvalue weighted by Gasteiger charge is 2.16. The highest BCUT2D eigenvalue weighted by molar-refractivity contribution is 5.71. The van der Waals surface area contributed by atoms with Crippen molar-refractivity contribution in [3.05, 3.63) is 48.1 Å². The first-order valence-corrected chi connectivity index (χ1v) is 9.31. The number of benzene rings is 1. The van der Waals surface area contributed by atoms with Crippen molar-refractivity contribution in [2.24, 2.45) is 0 Å². The molecule has 2 aromatic heterocycles. The van der Waals surface area contributed by atoms with Crippen molar-refractivity contribution in [1.29, 1.82) is 0 Å². The standard InChI is InChI=1S/C20H21N7O2/c1-21-19-10-24-20(11-23-19)25-18-9-16(26-27-18)15-6-5-14(8-17(15)28-2)29-12-13-4-3-7-22-13/h5-6,8-11,13,22H,3-4,7,12H2,2H3,(H2,24,25,26,27). The Kier molecular flexibility index (Phi) is 5.54. The minimum Gasteiger partial charge on any atom is -0.496 e. The van der Waals surface area contributed by atoms with Gasteiger partial charge < -0.3 is 25.0 Å². The molecule has 4 rings (SSSR count). The number of aromatic amines is 1. The van der Waals surface area contributed by atoms with Crippen LogP contribution in [0, 0.1) is 6.57 Å². The Morgan fingerprint density at radius 1 is 1.24 bits per heavy atom. The van der Waals surface area contributed by atoms with E-state index in [9.17, 15) is 0 Å². The van der Waals surface area contributed by atoms with Crippen LogP contribution in [0.5, 0.6) is 11.5 Å². The van der Waals surface area contributed by atoms with E-state index in [-0.39, 0.29) is 5.82 Å². The first-order valence-electron chi connectivity index (χ1n) is 9.31. The summed E-state index contributed by atoms with van der Waals surface area (Å²) < 4.78 is 11.5. The first-order chi connectivity index (χ1) is 14.2. The predicted octanol–water partition coefficient (Wildman–Crippen LogP) is 3.30. The Morgan fingerprint density at radius 3 is 2.90 bits per heavy atom. The van der Waals surface area contributed by atoms with E-state index >= 15 is 0 Å². The summed E-state index contributed by atoms with van der Waals surface area (Å²) in [4.78, 5) is 11.3. The van der Waals surface area contributed by atoms with Crippen LogP contribution in [-0.4, -0.2) is 46.5 Å². The van der Waals surface area contributed by atoms with E-state index in [0.717, 1.165) is 30.0 Å². The Morgan fingerprint density at radius 2 is 2.17 bits per heavy atom. The summed E-state index contributed by atoms with van der Waals surface area (Å²) in [6, 6.07) is 8.01. The lowest BCUT2D eigenvalue weighted by Gasteiger charge is -2.14. The molecular formula is C20H21N7O2. The van der Waals surface area contributed by atoms with E-state index in [2.05, 4.69) is 35.6 Å². The minimum atomic E-state index is 0.244. The molecule has 9 heteroatoms. The number of ether oxygens (including phenoxy) is 2. The second-order valence-corrected chi connectivity index (χ2v) is 6.63. The van der Waals surface area contributed by atoms with Crippen molar-refractivity contribution in [2.45, 2.75) is 18.9 Å². The van der Waals surface area contributed by atoms with E-state index in [0.29, 0.717) is 30.0 Å². The van der Waals surface area contributed by atoms with Gasteiger partial charge in [-0.05, 0) is 31.5 Å². The van der Waals surface area contributed by atoms with Crippen molar-refractivity contribution in [1.82, 2.24) is 25.5 Å². The van der Waals surface area contributed by atoms with Gasteiger partial charge in [-0.1, -0.05) is 6.57 Å². The SMILES string of the molecule is [C-]#[N+]c1cnc(Nc2cc(-c3ccc(OCC4CCCN4)cc3OC)[nH]n2)cn1. The van der Waals surface area contributed by atoms with Gasteiger partial charge in [0.1, 0.15) is 18.1 Å². The molecule has 1 aliphatic heterocycles. The summed E-state index contributed by atoms with van der Waals surface area (Å²) in [5, 5.41) is 13.7. The molecule has 1 saturated heterocycles. The summed E-state index contributed by atoms with van der Waals surface area (Å²) in [5.74, 6) is 2.80. The van der Waals surface area contributed by atoms with Gasteiger partial charge in [0, 0.05) is 23.7 Å². The van der Waals surface area contributed by atoms with E-state index in [1.807, 2.05) is 24.3 Å². The third-order valence-corrected chi connectivity index (χ3v) is 4.66. The lowest BCUT2D eigenvalue weighted by atomic mass is 10.1. The summed E-state index contributed by atoms with van der Waals surface area (Å²) in [7, 11) is 1.63. The number of hydrogen-bond donors (Lipinski definition) is 3. The molecule has 0 aliphatic carbocycles. The van der Waals surface area contributed by atoms with Crippen molar-refractivity contribution in [3.63, 3.8) is 0 Å². The topological polar surface area (TPSA) is 101 Å². The molecule has 3 aromatic rings. The largest absolute Gasteiger partial charge is 0.496 e. The number of aromatic nitrogens is 4. The Hall–Kier alpha value is -3.64. The molecule has 148 valence electrons. The molecule has 29 heavy (non-hydrogen) atoms. The number of H-pyrrole nitrogens is 1. The Balaban J connectivity index is 1.46. The maximum atomic E-state index is 6.92. The average Bonchev–Trinajstić information content (AvgIpc) is 3.45. The summed E-state index contributed by atoms with van der Waals surface area (Å²) in [5.41, 5.74) is 1.66. The van der Waals surface area contributed by atoms with Gasteiger partial charge in [-0.25, -0.2) is 4.98 Å². The highest BCUT2D eigenvalue weighted by atomic mass is 16.5. The molecule has 9 nitrogen and oxygen atoms in total. The fraction of sp³-hybridized carbons (Fsp3) is 0.300. The molecule has 0 amide bonds. The number of nitrogens with zero attached hydrogens (tertiary/aromatic N) is 4. The van der Waals surface area contributed by atoms with Crippen molar-refractivity contribution >= 4 is 17.5 Å². The molecule has 0 spiro atoms. The van der Waals surface area contributed by atoms with Gasteiger partial charge in [0.25, 0.3) is 5.82 Å². The van der Waals surface area contributed by atoms with Crippen LogP contribution in [0.1, 0.15) is 12.8 Å². The molecule has 0 saturated carbocycles. The molecule has 1 fully saturated rings. The molecular weight excluding hydrogens is 370 g/mol. The van der Waals surface area contributed by atoms with Crippen molar-refractivity contribution in [3.8, 4) is 22.8 Å². The molecule has 1 atom stereocenters. The quantitative estimate of drug-likeness (QED) is 0.531. The normalized spacial score (nSPS) is 15.7. The van der Waals surface area contributed by atoms with Crippen LogP contribution in [0.2, 0.25) is 0 Å². The fourth-order valence-corrected chi connectivity index (χ4v) is 3.18. The number of rotatable bonds is 7. The number of hydrogen-bond acceptors (Lipinski definition) is 7. The van der Waals surface area contributed by atoms with Gasteiger partial charge >= 0.3 is 0 Å². The minimum absolute atomic E-state index is 0.244. The number of methoxy groups -OCH3 is 1. The molecule has 0 radical (unpaired) electrons. The number of nitrogens with one attached hydrogen (secondary N) is 3. The molecule has 0 bridgehead atoms. The van der Waals surface area contributed by atoms with Crippen molar-refractivity contribution in [2.75, 3.05) is 25.6 Å². The van der Waals surface area contributed by atoms with Gasteiger partial charge in [-0.3, -0.25) is 5.10 Å². The van der Waals surface area contributed by atoms with E-state index in [4.69, 9.17) is 16.0 Å².